The quantitative estimate of drug-likeness (QED) is 0.847. The van der Waals surface area contributed by atoms with Crippen molar-refractivity contribution < 1.29 is 9.53 Å². The van der Waals surface area contributed by atoms with Crippen molar-refractivity contribution in [1.82, 2.24) is 10.2 Å². The van der Waals surface area contributed by atoms with Crippen molar-refractivity contribution in [3.8, 4) is 5.75 Å². The van der Waals surface area contributed by atoms with Gasteiger partial charge in [-0.1, -0.05) is 12.1 Å². The number of hydrogen-bond donors (Lipinski definition) is 1. The molecule has 2 fully saturated rings. The van der Waals surface area contributed by atoms with Gasteiger partial charge in [-0.05, 0) is 77.9 Å². The lowest BCUT2D eigenvalue weighted by atomic mass is 9.93. The number of amides is 1. The highest BCUT2D eigenvalue weighted by Gasteiger charge is 2.57. The molecule has 138 valence electrons. The topological polar surface area (TPSA) is 41.6 Å². The van der Waals surface area contributed by atoms with E-state index in [2.05, 4.69) is 27.0 Å². The van der Waals surface area contributed by atoms with Gasteiger partial charge in [0.05, 0.1) is 13.5 Å². The van der Waals surface area contributed by atoms with Crippen LogP contribution in [0.3, 0.4) is 0 Å². The van der Waals surface area contributed by atoms with E-state index in [0.717, 1.165) is 37.4 Å². The van der Waals surface area contributed by atoms with Gasteiger partial charge in [0.2, 0.25) is 5.91 Å². The summed E-state index contributed by atoms with van der Waals surface area (Å²) >= 11 is 1.70. The van der Waals surface area contributed by atoms with Crippen LogP contribution in [-0.4, -0.2) is 37.0 Å². The highest BCUT2D eigenvalue weighted by Crippen LogP contribution is 2.56. The second-order valence-corrected chi connectivity index (χ2v) is 8.29. The molecule has 1 saturated heterocycles. The van der Waals surface area contributed by atoms with Crippen molar-refractivity contribution in [3.05, 3.63) is 52.2 Å². The largest absolute Gasteiger partial charge is 0.497 e. The van der Waals surface area contributed by atoms with Gasteiger partial charge in [0.25, 0.3) is 0 Å². The van der Waals surface area contributed by atoms with Crippen LogP contribution < -0.4 is 10.1 Å². The predicted molar refractivity (Wildman–Crippen MR) is 105 cm³/mol. The zero-order chi connectivity index (χ0) is 18.0. The molecule has 1 aliphatic carbocycles. The maximum absolute atomic E-state index is 13.2. The number of carbonyl (C=O) groups excluding carboxylic acids is 1. The number of piperidine rings is 1. The van der Waals surface area contributed by atoms with Crippen molar-refractivity contribution in [1.29, 1.82) is 0 Å². The average Bonchev–Trinajstić information content (AvgIpc) is 3.09. The Morgan fingerprint density at radius 1 is 1.31 bits per heavy atom. The molecule has 1 N–H and O–H groups in total. The highest BCUT2D eigenvalue weighted by atomic mass is 32.1. The molecule has 0 unspecified atom stereocenters. The van der Waals surface area contributed by atoms with E-state index in [4.69, 9.17) is 4.74 Å². The Bertz CT molecular complexity index is 753. The number of methoxy groups -OCH3 is 1. The van der Waals surface area contributed by atoms with Gasteiger partial charge in [-0.25, -0.2) is 0 Å². The maximum atomic E-state index is 13.2. The third-order valence-corrected chi connectivity index (χ3v) is 6.60. The van der Waals surface area contributed by atoms with Gasteiger partial charge in [-0.15, -0.1) is 0 Å². The molecule has 26 heavy (non-hydrogen) atoms. The molecule has 2 aliphatic rings. The van der Waals surface area contributed by atoms with Crippen LogP contribution in [0.1, 0.15) is 30.4 Å². The SMILES string of the molecule is COc1cccc(CC(=O)N(Cc2ccsc2)[C@@H]2CC23CCNCC3)c1. The molecule has 0 bridgehead atoms. The van der Waals surface area contributed by atoms with Gasteiger partial charge in [-0.2, -0.15) is 11.3 Å². The van der Waals surface area contributed by atoms with E-state index in [1.165, 1.54) is 18.4 Å². The Kier molecular flexibility index (Phi) is 5.00. The van der Waals surface area contributed by atoms with E-state index < -0.39 is 0 Å². The van der Waals surface area contributed by atoms with E-state index in [1.54, 1.807) is 18.4 Å². The fourth-order valence-electron chi connectivity index (χ4n) is 4.24. The molecule has 0 radical (unpaired) electrons. The first-order valence-electron chi connectivity index (χ1n) is 9.34. The summed E-state index contributed by atoms with van der Waals surface area (Å²) in [6, 6.07) is 10.4. The van der Waals surface area contributed by atoms with Gasteiger partial charge in [0.1, 0.15) is 5.75 Å². The first-order valence-corrected chi connectivity index (χ1v) is 10.3. The molecule has 1 spiro atoms. The Hall–Kier alpha value is -1.85. The lowest BCUT2D eigenvalue weighted by molar-refractivity contribution is -0.132. The first-order chi connectivity index (χ1) is 12.7. The second kappa shape index (κ2) is 7.41. The summed E-state index contributed by atoms with van der Waals surface area (Å²) in [7, 11) is 1.66. The maximum Gasteiger partial charge on any atom is 0.227 e. The smallest absolute Gasteiger partial charge is 0.227 e. The molecule has 1 atom stereocenters. The molecule has 2 aromatic rings. The molecule has 4 nitrogen and oxygen atoms in total. The van der Waals surface area contributed by atoms with E-state index >= 15 is 0 Å². The average molecular weight is 371 g/mol. The fraction of sp³-hybridized carbons (Fsp3) is 0.476. The van der Waals surface area contributed by atoms with Crippen LogP contribution in [0.15, 0.2) is 41.1 Å². The first kappa shape index (κ1) is 17.6. The van der Waals surface area contributed by atoms with Crippen LogP contribution in [0.25, 0.3) is 0 Å². The van der Waals surface area contributed by atoms with Crippen molar-refractivity contribution >= 4 is 17.2 Å². The molecular weight excluding hydrogens is 344 g/mol. The number of rotatable bonds is 6. The van der Waals surface area contributed by atoms with E-state index in [9.17, 15) is 4.79 Å². The molecule has 1 saturated carbocycles. The fourth-order valence-corrected chi connectivity index (χ4v) is 4.90. The van der Waals surface area contributed by atoms with E-state index in [0.29, 0.717) is 17.9 Å². The molecule has 1 aliphatic heterocycles. The number of ether oxygens (including phenoxy) is 1. The van der Waals surface area contributed by atoms with Gasteiger partial charge in [0, 0.05) is 12.6 Å². The number of nitrogens with one attached hydrogen (secondary N) is 1. The zero-order valence-corrected chi connectivity index (χ0v) is 16.1. The molecule has 2 heterocycles. The number of hydrogen-bond acceptors (Lipinski definition) is 4. The van der Waals surface area contributed by atoms with Gasteiger partial charge in [-0.3, -0.25) is 4.79 Å². The van der Waals surface area contributed by atoms with Gasteiger partial charge < -0.3 is 15.0 Å². The summed E-state index contributed by atoms with van der Waals surface area (Å²) in [5, 5.41) is 7.70. The van der Waals surface area contributed by atoms with Gasteiger partial charge >= 0.3 is 0 Å². The molecule has 5 heteroatoms. The zero-order valence-electron chi connectivity index (χ0n) is 15.2. The van der Waals surface area contributed by atoms with Crippen LogP contribution in [0, 0.1) is 5.41 Å². The number of nitrogens with zero attached hydrogens (tertiary/aromatic N) is 1. The Labute approximate surface area is 159 Å². The number of carbonyl (C=O) groups is 1. The van der Waals surface area contributed by atoms with Crippen molar-refractivity contribution in [2.75, 3.05) is 20.2 Å². The van der Waals surface area contributed by atoms with Crippen molar-refractivity contribution in [3.63, 3.8) is 0 Å². The minimum atomic E-state index is 0.227. The Morgan fingerprint density at radius 3 is 2.88 bits per heavy atom. The third-order valence-electron chi connectivity index (χ3n) is 5.87. The summed E-state index contributed by atoms with van der Waals surface area (Å²) in [4.78, 5) is 15.4. The molecule has 4 rings (SSSR count). The van der Waals surface area contributed by atoms with E-state index in [1.807, 2.05) is 24.3 Å². The summed E-state index contributed by atoms with van der Waals surface area (Å²) in [5.41, 5.74) is 2.61. The van der Waals surface area contributed by atoms with Crippen LogP contribution in [0.2, 0.25) is 0 Å². The number of thiophene rings is 1. The Balaban J connectivity index is 1.51. The lowest BCUT2D eigenvalue weighted by Gasteiger charge is -2.29. The Morgan fingerprint density at radius 2 is 2.15 bits per heavy atom. The molecule has 1 aromatic carbocycles. The van der Waals surface area contributed by atoms with Gasteiger partial charge in [0.15, 0.2) is 0 Å². The third kappa shape index (κ3) is 3.64. The second-order valence-electron chi connectivity index (χ2n) is 7.51. The summed E-state index contributed by atoms with van der Waals surface area (Å²) in [6.45, 7) is 2.88. The van der Waals surface area contributed by atoms with Crippen LogP contribution >= 0.6 is 11.3 Å². The van der Waals surface area contributed by atoms with Crippen molar-refractivity contribution in [2.24, 2.45) is 5.41 Å². The molecule has 1 amide bonds. The normalized spacial score (nSPS) is 20.7. The predicted octanol–water partition coefficient (Wildman–Crippen LogP) is 3.47. The lowest BCUT2D eigenvalue weighted by Crippen LogP contribution is -2.39. The summed E-state index contributed by atoms with van der Waals surface area (Å²) in [6.07, 6.45) is 3.96. The standard InChI is InChI=1S/C21H26N2O2S/c1-25-18-4-2-3-16(11-18)12-20(24)23(14-17-5-10-26-15-17)19-13-21(19)6-8-22-9-7-21/h2-5,10-11,15,19,22H,6-9,12-14H2,1H3/t19-/m1/s1. The minimum absolute atomic E-state index is 0.227. The summed E-state index contributed by atoms with van der Waals surface area (Å²) in [5.74, 6) is 1.03. The molecular formula is C21H26N2O2S. The van der Waals surface area contributed by atoms with Crippen LogP contribution in [0.5, 0.6) is 5.75 Å². The van der Waals surface area contributed by atoms with Crippen LogP contribution in [-0.2, 0) is 17.8 Å². The van der Waals surface area contributed by atoms with E-state index in [-0.39, 0.29) is 5.91 Å². The summed E-state index contributed by atoms with van der Waals surface area (Å²) < 4.78 is 5.30. The number of benzene rings is 1. The minimum Gasteiger partial charge on any atom is -0.497 e. The van der Waals surface area contributed by atoms with Crippen LogP contribution in [0.4, 0.5) is 0 Å². The highest BCUT2D eigenvalue weighted by molar-refractivity contribution is 7.07. The monoisotopic (exact) mass is 370 g/mol. The molecule has 1 aromatic heterocycles. The van der Waals surface area contributed by atoms with Crippen molar-refractivity contribution in [2.45, 2.75) is 38.3 Å².